The highest BCUT2D eigenvalue weighted by atomic mass is 15.0. The van der Waals surface area contributed by atoms with Crippen LogP contribution in [0.3, 0.4) is 0 Å². The Hall–Kier alpha value is -4.47. The summed E-state index contributed by atoms with van der Waals surface area (Å²) in [5.74, 6) is 0.523. The molecule has 2 N–H and O–H groups in total. The molecule has 0 unspecified atom stereocenters. The first-order chi connectivity index (χ1) is 11.7. The Kier molecular flexibility index (Phi) is 3.45. The molecule has 0 aliphatic heterocycles. The largest absolute Gasteiger partial charge is 0.327 e. The average molecular weight is 311 g/mol. The number of nitrogens with one attached hydrogen (secondary N) is 2. The lowest BCUT2D eigenvalue weighted by molar-refractivity contribution is 1.18. The Labute approximate surface area is 135 Å². The van der Waals surface area contributed by atoms with Gasteiger partial charge in [0.15, 0.2) is 34.4 Å². The highest BCUT2D eigenvalue weighted by Crippen LogP contribution is 2.21. The fourth-order valence-corrected chi connectivity index (χ4v) is 2.01. The summed E-state index contributed by atoms with van der Waals surface area (Å²) in [6.07, 6.45) is 0. The maximum atomic E-state index is 8.96. The van der Waals surface area contributed by atoms with Crippen LogP contribution in [0, 0.1) is 45.3 Å². The molecule has 0 saturated heterocycles. The molecule has 0 fully saturated rings. The van der Waals surface area contributed by atoms with Crippen LogP contribution in [-0.2, 0) is 0 Å². The van der Waals surface area contributed by atoms with E-state index in [0.717, 1.165) is 0 Å². The molecule has 0 saturated carbocycles. The van der Waals surface area contributed by atoms with Crippen LogP contribution in [0.2, 0.25) is 0 Å². The van der Waals surface area contributed by atoms with Crippen LogP contribution in [0.1, 0.15) is 22.8 Å². The molecule has 3 aromatic heterocycles. The van der Waals surface area contributed by atoms with Crippen molar-refractivity contribution in [2.75, 3.05) is 0 Å². The molecular formula is C15H5N9. The number of nitriles is 4. The molecule has 110 valence electrons. The maximum Gasteiger partial charge on any atom is 0.177 e. The summed E-state index contributed by atoms with van der Waals surface area (Å²) in [6.45, 7) is 0. The second kappa shape index (κ2) is 5.73. The van der Waals surface area contributed by atoms with Gasteiger partial charge in [0.2, 0.25) is 0 Å². The van der Waals surface area contributed by atoms with Crippen LogP contribution >= 0.6 is 0 Å². The Morgan fingerprint density at radius 1 is 0.667 bits per heavy atom. The molecule has 0 bridgehead atoms. The number of nitrogens with zero attached hydrogens (tertiary/aromatic N) is 7. The molecule has 24 heavy (non-hydrogen) atoms. The van der Waals surface area contributed by atoms with Gasteiger partial charge >= 0.3 is 0 Å². The molecule has 3 rings (SSSR count). The van der Waals surface area contributed by atoms with E-state index in [1.54, 1.807) is 18.2 Å². The number of aromatic amines is 2. The smallest absolute Gasteiger partial charge is 0.177 e. The van der Waals surface area contributed by atoms with Crippen molar-refractivity contribution in [3.63, 3.8) is 0 Å². The minimum absolute atomic E-state index is 0.0174. The molecule has 3 heterocycles. The SMILES string of the molecule is N#Cc1nc(-c2cccc(-c3nc(C#N)c(C#N)[nH]3)n2)[nH]c1C#N. The van der Waals surface area contributed by atoms with Gasteiger partial charge in [-0.25, -0.2) is 15.0 Å². The third-order valence-corrected chi connectivity index (χ3v) is 3.08. The molecular weight excluding hydrogens is 306 g/mol. The van der Waals surface area contributed by atoms with E-state index in [2.05, 4.69) is 24.9 Å². The van der Waals surface area contributed by atoms with Crippen LogP contribution in [-0.4, -0.2) is 24.9 Å². The zero-order chi connectivity index (χ0) is 17.1. The van der Waals surface area contributed by atoms with Crippen molar-refractivity contribution in [3.8, 4) is 47.3 Å². The van der Waals surface area contributed by atoms with Crippen LogP contribution in [0.4, 0.5) is 0 Å². The molecule has 3 aromatic rings. The van der Waals surface area contributed by atoms with Crippen LogP contribution in [0.25, 0.3) is 23.0 Å². The standard InChI is InChI=1S/C15H5N9/c16-4-10-11(5-17)22-14(21-10)8-2-1-3-9(20-8)15-23-12(6-18)13(7-19)24-15/h1-3H,(H,21,22)(H,23,24). The molecule has 0 aromatic carbocycles. The van der Waals surface area contributed by atoms with Crippen LogP contribution in [0.15, 0.2) is 18.2 Å². The van der Waals surface area contributed by atoms with Gasteiger partial charge in [-0.1, -0.05) is 6.07 Å². The summed E-state index contributed by atoms with van der Waals surface area (Å²) in [7, 11) is 0. The van der Waals surface area contributed by atoms with Gasteiger partial charge < -0.3 is 9.97 Å². The summed E-state index contributed by atoms with van der Waals surface area (Å²) < 4.78 is 0. The van der Waals surface area contributed by atoms with Crippen molar-refractivity contribution in [1.82, 2.24) is 24.9 Å². The molecule has 9 heteroatoms. The lowest BCUT2D eigenvalue weighted by atomic mass is 10.3. The highest BCUT2D eigenvalue weighted by Gasteiger charge is 2.15. The second-order valence-electron chi connectivity index (χ2n) is 4.47. The Bertz CT molecular complexity index is 957. The van der Waals surface area contributed by atoms with Crippen LogP contribution < -0.4 is 0 Å². The lowest BCUT2D eigenvalue weighted by Gasteiger charge is -1.99. The minimum atomic E-state index is -0.0174. The highest BCUT2D eigenvalue weighted by molar-refractivity contribution is 5.60. The second-order valence-corrected chi connectivity index (χ2v) is 4.47. The molecule has 0 aliphatic carbocycles. The third kappa shape index (κ3) is 2.31. The molecule has 9 nitrogen and oxygen atoms in total. The summed E-state index contributed by atoms with van der Waals surface area (Å²) >= 11 is 0. The van der Waals surface area contributed by atoms with Gasteiger partial charge in [0.25, 0.3) is 0 Å². The third-order valence-electron chi connectivity index (χ3n) is 3.08. The molecule has 0 amide bonds. The zero-order valence-electron chi connectivity index (χ0n) is 11.9. The Balaban J connectivity index is 2.08. The van der Waals surface area contributed by atoms with Crippen molar-refractivity contribution in [3.05, 3.63) is 41.0 Å². The van der Waals surface area contributed by atoms with E-state index in [4.69, 9.17) is 21.0 Å². The number of rotatable bonds is 2. The summed E-state index contributed by atoms with van der Waals surface area (Å²) in [5, 5.41) is 35.8. The molecule has 0 radical (unpaired) electrons. The van der Waals surface area contributed by atoms with Crippen molar-refractivity contribution in [2.24, 2.45) is 0 Å². The van der Waals surface area contributed by atoms with Crippen molar-refractivity contribution in [1.29, 1.82) is 21.0 Å². The first kappa shape index (κ1) is 14.5. The summed E-state index contributed by atoms with van der Waals surface area (Å²) in [4.78, 5) is 17.8. The van der Waals surface area contributed by atoms with E-state index in [-0.39, 0.29) is 34.4 Å². The first-order valence-electron chi connectivity index (χ1n) is 6.48. The van der Waals surface area contributed by atoms with E-state index >= 15 is 0 Å². The van der Waals surface area contributed by atoms with Gasteiger partial charge in [0.1, 0.15) is 35.7 Å². The maximum absolute atomic E-state index is 8.96. The number of imidazole rings is 2. The van der Waals surface area contributed by atoms with Gasteiger partial charge in [-0.05, 0) is 12.1 Å². The van der Waals surface area contributed by atoms with Crippen molar-refractivity contribution >= 4 is 0 Å². The Morgan fingerprint density at radius 3 is 1.46 bits per heavy atom. The molecule has 0 atom stereocenters. The van der Waals surface area contributed by atoms with Gasteiger partial charge in [-0.2, -0.15) is 21.0 Å². The van der Waals surface area contributed by atoms with Gasteiger partial charge in [0, 0.05) is 0 Å². The lowest BCUT2D eigenvalue weighted by Crippen LogP contribution is -1.91. The predicted molar refractivity (Wildman–Crippen MR) is 78.3 cm³/mol. The fourth-order valence-electron chi connectivity index (χ4n) is 2.01. The molecule has 0 spiro atoms. The van der Waals surface area contributed by atoms with Gasteiger partial charge in [-0.3, -0.25) is 0 Å². The van der Waals surface area contributed by atoms with E-state index in [1.165, 1.54) is 0 Å². The monoisotopic (exact) mass is 311 g/mol. The van der Waals surface area contributed by atoms with Gasteiger partial charge in [-0.15, -0.1) is 0 Å². The van der Waals surface area contributed by atoms with E-state index in [9.17, 15) is 0 Å². The number of hydrogen-bond donors (Lipinski definition) is 2. The van der Waals surface area contributed by atoms with Gasteiger partial charge in [0.05, 0.1) is 0 Å². The average Bonchev–Trinajstić information content (AvgIpc) is 3.25. The van der Waals surface area contributed by atoms with E-state index in [0.29, 0.717) is 11.4 Å². The van der Waals surface area contributed by atoms with E-state index in [1.807, 2.05) is 24.3 Å². The summed E-state index contributed by atoms with van der Waals surface area (Å²) in [6, 6.07) is 12.3. The van der Waals surface area contributed by atoms with Crippen molar-refractivity contribution < 1.29 is 0 Å². The van der Waals surface area contributed by atoms with Crippen LogP contribution in [0.5, 0.6) is 0 Å². The Morgan fingerprint density at radius 2 is 1.12 bits per heavy atom. The first-order valence-corrected chi connectivity index (χ1v) is 6.48. The predicted octanol–water partition coefficient (Wildman–Crippen LogP) is 1.35. The minimum Gasteiger partial charge on any atom is -0.327 e. The van der Waals surface area contributed by atoms with E-state index < -0.39 is 0 Å². The topological polar surface area (TPSA) is 165 Å². The fraction of sp³-hybridized carbons (Fsp3) is 0. The number of H-pyrrole nitrogens is 2. The zero-order valence-corrected chi connectivity index (χ0v) is 11.9. The number of aromatic nitrogens is 5. The summed E-state index contributed by atoms with van der Waals surface area (Å²) in [5.41, 5.74) is 0.845. The molecule has 0 aliphatic rings. The normalized spacial score (nSPS) is 9.50. The quantitative estimate of drug-likeness (QED) is 0.720. The van der Waals surface area contributed by atoms with Crippen molar-refractivity contribution in [2.45, 2.75) is 0 Å². The number of pyridine rings is 1. The number of hydrogen-bond acceptors (Lipinski definition) is 7.